The second-order valence-corrected chi connectivity index (χ2v) is 7.19. The van der Waals surface area contributed by atoms with Crippen molar-refractivity contribution in [2.75, 3.05) is 40.3 Å². The lowest BCUT2D eigenvalue weighted by atomic mass is 9.81. The molecule has 2 N–H and O–H groups in total. The van der Waals surface area contributed by atoms with Crippen LogP contribution in [0.5, 0.6) is 0 Å². The number of piperidine rings is 1. The molecular weight excluding hydrogens is 246 g/mol. The second-order valence-electron chi connectivity index (χ2n) is 7.19. The molecule has 120 valence electrons. The Balaban J connectivity index is 2.61. The fourth-order valence-corrected chi connectivity index (χ4v) is 3.75. The number of rotatable bonds is 8. The van der Waals surface area contributed by atoms with Gasteiger partial charge in [0.25, 0.3) is 0 Å². The summed E-state index contributed by atoms with van der Waals surface area (Å²) in [5.74, 6) is 1.65. The van der Waals surface area contributed by atoms with Crippen molar-refractivity contribution in [2.45, 2.75) is 58.4 Å². The van der Waals surface area contributed by atoms with Gasteiger partial charge in [0, 0.05) is 18.6 Å². The highest BCUT2D eigenvalue weighted by molar-refractivity contribution is 4.94. The molecule has 0 bridgehead atoms. The topological polar surface area (TPSA) is 32.5 Å². The van der Waals surface area contributed by atoms with Crippen LogP contribution in [-0.4, -0.2) is 55.6 Å². The molecule has 2 atom stereocenters. The van der Waals surface area contributed by atoms with Crippen LogP contribution < -0.4 is 5.73 Å². The average Bonchev–Trinajstić information content (AvgIpc) is 2.45. The molecule has 0 amide bonds. The molecule has 1 aliphatic heterocycles. The van der Waals surface area contributed by atoms with Crippen molar-refractivity contribution in [3.63, 3.8) is 0 Å². The summed E-state index contributed by atoms with van der Waals surface area (Å²) >= 11 is 0. The van der Waals surface area contributed by atoms with Crippen LogP contribution in [0.3, 0.4) is 0 Å². The Morgan fingerprint density at radius 1 is 1.25 bits per heavy atom. The van der Waals surface area contributed by atoms with E-state index in [4.69, 9.17) is 5.73 Å². The van der Waals surface area contributed by atoms with E-state index in [0.717, 1.165) is 18.4 Å². The molecule has 3 heteroatoms. The first kappa shape index (κ1) is 17.9. The third kappa shape index (κ3) is 4.71. The van der Waals surface area contributed by atoms with Crippen molar-refractivity contribution in [3.8, 4) is 0 Å². The maximum absolute atomic E-state index is 6.22. The molecule has 0 saturated carbocycles. The lowest BCUT2D eigenvalue weighted by molar-refractivity contribution is 0.0300. The molecule has 3 nitrogen and oxygen atoms in total. The summed E-state index contributed by atoms with van der Waals surface area (Å²) in [6.45, 7) is 11.5. The SMILES string of the molecule is CCC(C)CC(CC)(CN)N1CCC(CN(C)C)CC1. The summed E-state index contributed by atoms with van der Waals surface area (Å²) in [6, 6.07) is 0. The number of hydrogen-bond donors (Lipinski definition) is 1. The van der Waals surface area contributed by atoms with E-state index >= 15 is 0 Å². The summed E-state index contributed by atoms with van der Waals surface area (Å²) in [4.78, 5) is 5.04. The molecule has 0 spiro atoms. The highest BCUT2D eigenvalue weighted by Crippen LogP contribution is 2.32. The average molecular weight is 284 g/mol. The van der Waals surface area contributed by atoms with E-state index in [0.29, 0.717) is 0 Å². The minimum absolute atomic E-state index is 0.249. The monoisotopic (exact) mass is 283 g/mol. The van der Waals surface area contributed by atoms with E-state index in [2.05, 4.69) is 44.7 Å². The van der Waals surface area contributed by atoms with Crippen LogP contribution in [0.15, 0.2) is 0 Å². The van der Waals surface area contributed by atoms with Crippen molar-refractivity contribution < 1.29 is 0 Å². The molecule has 1 aliphatic rings. The van der Waals surface area contributed by atoms with Crippen molar-refractivity contribution in [1.82, 2.24) is 9.80 Å². The predicted octanol–water partition coefficient (Wildman–Crippen LogP) is 2.80. The Morgan fingerprint density at radius 3 is 2.25 bits per heavy atom. The Kier molecular flexibility index (Phi) is 7.49. The number of hydrogen-bond acceptors (Lipinski definition) is 3. The smallest absolute Gasteiger partial charge is 0.0331 e. The highest BCUT2D eigenvalue weighted by atomic mass is 15.2. The number of likely N-dealkylation sites (tertiary alicyclic amines) is 1. The summed E-state index contributed by atoms with van der Waals surface area (Å²) in [5.41, 5.74) is 6.47. The van der Waals surface area contributed by atoms with Crippen LogP contribution in [0.1, 0.15) is 52.9 Å². The van der Waals surface area contributed by atoms with Gasteiger partial charge in [-0.15, -0.1) is 0 Å². The van der Waals surface area contributed by atoms with Gasteiger partial charge in [-0.3, -0.25) is 4.90 Å². The van der Waals surface area contributed by atoms with E-state index in [1.54, 1.807) is 0 Å². The largest absolute Gasteiger partial charge is 0.329 e. The normalized spacial score (nSPS) is 22.9. The van der Waals surface area contributed by atoms with E-state index in [1.807, 2.05) is 0 Å². The molecule has 20 heavy (non-hydrogen) atoms. The maximum atomic E-state index is 6.22. The van der Waals surface area contributed by atoms with Crippen molar-refractivity contribution in [1.29, 1.82) is 0 Å². The van der Waals surface area contributed by atoms with Gasteiger partial charge in [0.2, 0.25) is 0 Å². The molecule has 0 aromatic heterocycles. The number of nitrogens with two attached hydrogens (primary N) is 1. The van der Waals surface area contributed by atoms with Crippen LogP contribution in [0.25, 0.3) is 0 Å². The number of nitrogens with zero attached hydrogens (tertiary/aromatic N) is 2. The standard InChI is InChI=1S/C17H37N3/c1-6-15(3)12-17(7-2,14-18)20-10-8-16(9-11-20)13-19(4)5/h15-16H,6-14,18H2,1-5H3. The van der Waals surface area contributed by atoms with Gasteiger partial charge in [-0.2, -0.15) is 0 Å². The van der Waals surface area contributed by atoms with Gasteiger partial charge in [-0.05, 0) is 64.7 Å². The third-order valence-electron chi connectivity index (χ3n) is 5.37. The van der Waals surface area contributed by atoms with Gasteiger partial charge in [-0.1, -0.05) is 27.2 Å². The van der Waals surface area contributed by atoms with Crippen LogP contribution in [0.4, 0.5) is 0 Å². The first-order chi connectivity index (χ1) is 9.47. The van der Waals surface area contributed by atoms with Crippen LogP contribution in [-0.2, 0) is 0 Å². The van der Waals surface area contributed by atoms with E-state index in [9.17, 15) is 0 Å². The minimum atomic E-state index is 0.249. The molecule has 1 heterocycles. The fraction of sp³-hybridized carbons (Fsp3) is 1.00. The van der Waals surface area contributed by atoms with Gasteiger partial charge < -0.3 is 10.6 Å². The Hall–Kier alpha value is -0.120. The van der Waals surface area contributed by atoms with Crippen molar-refractivity contribution in [2.24, 2.45) is 17.6 Å². The summed E-state index contributed by atoms with van der Waals surface area (Å²) in [5, 5.41) is 0. The molecule has 1 saturated heterocycles. The van der Waals surface area contributed by atoms with Crippen LogP contribution in [0, 0.1) is 11.8 Å². The first-order valence-corrected chi connectivity index (χ1v) is 8.57. The Bertz CT molecular complexity index is 253. The molecule has 0 aromatic carbocycles. The second kappa shape index (κ2) is 8.35. The van der Waals surface area contributed by atoms with Crippen LogP contribution in [0.2, 0.25) is 0 Å². The molecule has 0 radical (unpaired) electrons. The zero-order valence-corrected chi connectivity index (χ0v) is 14.5. The quantitative estimate of drug-likeness (QED) is 0.743. The third-order valence-corrected chi connectivity index (χ3v) is 5.37. The molecular formula is C17H37N3. The molecule has 0 aliphatic carbocycles. The summed E-state index contributed by atoms with van der Waals surface area (Å²) in [6.07, 6.45) is 6.38. The van der Waals surface area contributed by atoms with E-state index in [1.165, 1.54) is 51.7 Å². The van der Waals surface area contributed by atoms with E-state index in [-0.39, 0.29) is 5.54 Å². The lowest BCUT2D eigenvalue weighted by Gasteiger charge is -2.48. The van der Waals surface area contributed by atoms with Gasteiger partial charge in [0.05, 0.1) is 0 Å². The molecule has 1 fully saturated rings. The Morgan fingerprint density at radius 2 is 1.85 bits per heavy atom. The summed E-state index contributed by atoms with van der Waals surface area (Å²) in [7, 11) is 4.37. The predicted molar refractivity (Wildman–Crippen MR) is 89.0 cm³/mol. The van der Waals surface area contributed by atoms with Gasteiger partial charge in [0.1, 0.15) is 0 Å². The minimum Gasteiger partial charge on any atom is -0.329 e. The first-order valence-electron chi connectivity index (χ1n) is 8.57. The summed E-state index contributed by atoms with van der Waals surface area (Å²) < 4.78 is 0. The van der Waals surface area contributed by atoms with Gasteiger partial charge >= 0.3 is 0 Å². The van der Waals surface area contributed by atoms with Crippen molar-refractivity contribution in [3.05, 3.63) is 0 Å². The van der Waals surface area contributed by atoms with Crippen LogP contribution >= 0.6 is 0 Å². The zero-order chi connectivity index (χ0) is 15.2. The van der Waals surface area contributed by atoms with Gasteiger partial charge in [0.15, 0.2) is 0 Å². The lowest BCUT2D eigenvalue weighted by Crippen LogP contribution is -2.57. The molecule has 2 unspecified atom stereocenters. The zero-order valence-electron chi connectivity index (χ0n) is 14.5. The molecule has 0 aromatic rings. The van der Waals surface area contributed by atoms with Gasteiger partial charge in [-0.25, -0.2) is 0 Å². The van der Waals surface area contributed by atoms with Crippen molar-refractivity contribution >= 4 is 0 Å². The molecule has 1 rings (SSSR count). The Labute approximate surface area is 126 Å². The highest BCUT2D eigenvalue weighted by Gasteiger charge is 2.36. The maximum Gasteiger partial charge on any atom is 0.0331 e. The van der Waals surface area contributed by atoms with E-state index < -0.39 is 0 Å². The fourth-order valence-electron chi connectivity index (χ4n) is 3.75.